The lowest BCUT2D eigenvalue weighted by Gasteiger charge is -2.36. The molecule has 11 fully saturated rings. The second kappa shape index (κ2) is 54.1. The van der Waals surface area contributed by atoms with Crippen LogP contribution < -0.4 is 10.6 Å². The monoisotopic (exact) mass is 1500 g/mol. The molecule has 0 aromatic rings. The molecule has 2 N–H and O–H groups in total. The molecule has 11 saturated heterocycles. The minimum atomic E-state index is -0.400. The van der Waals surface area contributed by atoms with Crippen LogP contribution in [0.4, 0.5) is 14.4 Å². The number of halogens is 4. The fraction of sp³-hybridized carbons (Fsp3) is 0.960. The number of hydrogen-bond acceptors (Lipinski definition) is 18. The maximum atomic E-state index is 12.0. The number of carbonyl (C=O) groups excluding carboxylic acids is 3. The Kier molecular flexibility index (Phi) is 50.2. The summed E-state index contributed by atoms with van der Waals surface area (Å²) < 4.78 is 16.1. The summed E-state index contributed by atoms with van der Waals surface area (Å²) in [6.45, 7) is 63.0. The Morgan fingerprint density at radius 3 is 0.630 bits per heavy atom. The van der Waals surface area contributed by atoms with E-state index in [1.807, 2.05) is 72.1 Å². The molecule has 0 bridgehead atoms. The maximum Gasteiger partial charge on any atom is 0.410 e. The summed E-state index contributed by atoms with van der Waals surface area (Å²) in [6.07, 6.45) is 23.8. The van der Waals surface area contributed by atoms with Crippen LogP contribution in [0, 0.1) is 0 Å². The molecule has 0 aromatic carbocycles. The molecule has 0 atom stereocenters. The molecule has 0 spiro atoms. The molecule has 25 heteroatoms. The molecule has 0 unspecified atom stereocenters. The predicted octanol–water partition coefficient (Wildman–Crippen LogP) is 10.3. The third kappa shape index (κ3) is 44.6. The van der Waals surface area contributed by atoms with E-state index in [1.54, 1.807) is 4.90 Å². The van der Waals surface area contributed by atoms with Crippen LogP contribution in [0.2, 0.25) is 0 Å². The fourth-order valence-electron chi connectivity index (χ4n) is 14.2. The predicted molar refractivity (Wildman–Crippen MR) is 423 cm³/mol. The minimum Gasteiger partial charge on any atom is -0.444 e. The first-order valence-electron chi connectivity index (χ1n) is 39.8. The van der Waals surface area contributed by atoms with Gasteiger partial charge in [-0.3, -0.25) is 19.6 Å². The Morgan fingerprint density at radius 1 is 0.250 bits per heavy atom. The molecule has 11 aliphatic rings. The van der Waals surface area contributed by atoms with Gasteiger partial charge in [-0.05, 0) is 237 Å². The van der Waals surface area contributed by atoms with Crippen LogP contribution in [0.15, 0.2) is 0 Å². The summed E-state index contributed by atoms with van der Waals surface area (Å²) >= 11 is 11.1. The second-order valence-electron chi connectivity index (χ2n) is 32.1. The summed E-state index contributed by atoms with van der Waals surface area (Å²) in [4.78, 5) is 66.2. The zero-order valence-electron chi connectivity index (χ0n) is 65.3. The number of alkyl halides is 2. The van der Waals surface area contributed by atoms with Gasteiger partial charge in [0.25, 0.3) is 0 Å². The molecule has 100 heavy (non-hydrogen) atoms. The van der Waals surface area contributed by atoms with Gasteiger partial charge in [0.2, 0.25) is 0 Å². The van der Waals surface area contributed by atoms with Crippen LogP contribution in [0.25, 0.3) is 0 Å². The lowest BCUT2D eigenvalue weighted by atomic mass is 10.1. The SMILES string of the molecule is C1CCN(CCN2CCNCC2)C1.C1CCN(CCN2CCNCC2)CC1.CC(C)(C)OC(=O)N1CCCCC1.CC(C)(C)OC(=O)N1CCN(CCN2CCCC2)CC1.CC(C)(C)OC(=O)N1CCN(CCN2CCCCC2)CC1.Cl.Cl.ClCCN1CCCC1.ClCCN1CCCCC1. The van der Waals surface area contributed by atoms with Crippen molar-refractivity contribution in [3.63, 3.8) is 0 Å². The van der Waals surface area contributed by atoms with Gasteiger partial charge in [0.1, 0.15) is 16.8 Å². The number of rotatable bonds is 16. The average molecular weight is 1500 g/mol. The van der Waals surface area contributed by atoms with E-state index >= 15 is 0 Å². The zero-order chi connectivity index (χ0) is 70.7. The molecule has 0 radical (unpaired) electrons. The van der Waals surface area contributed by atoms with Gasteiger partial charge < -0.3 is 68.9 Å². The zero-order valence-corrected chi connectivity index (χ0v) is 68.4. The number of piperazine rings is 4. The number of amides is 3. The molecule has 0 saturated carbocycles. The van der Waals surface area contributed by atoms with Gasteiger partial charge in [-0.1, -0.05) is 19.3 Å². The summed E-state index contributed by atoms with van der Waals surface area (Å²) in [7, 11) is 0. The molecule has 0 aliphatic carbocycles. The first-order valence-corrected chi connectivity index (χ1v) is 40.9. The van der Waals surface area contributed by atoms with E-state index in [0.29, 0.717) is 0 Å². The summed E-state index contributed by atoms with van der Waals surface area (Å²) in [5, 5.41) is 6.78. The Labute approximate surface area is 633 Å². The minimum absolute atomic E-state index is 0. The van der Waals surface area contributed by atoms with Crippen molar-refractivity contribution in [1.29, 1.82) is 0 Å². The highest BCUT2D eigenvalue weighted by Gasteiger charge is 2.29. The van der Waals surface area contributed by atoms with Gasteiger partial charge in [-0.2, -0.15) is 0 Å². The van der Waals surface area contributed by atoms with Crippen molar-refractivity contribution in [2.75, 3.05) is 274 Å². The Hall–Kier alpha value is -1.51. The van der Waals surface area contributed by atoms with E-state index in [4.69, 9.17) is 37.4 Å². The van der Waals surface area contributed by atoms with Crippen LogP contribution >= 0.6 is 48.0 Å². The van der Waals surface area contributed by atoms with Crippen LogP contribution in [-0.4, -0.2) is 372 Å². The molecule has 3 amide bonds. The molecule has 11 rings (SSSR count). The van der Waals surface area contributed by atoms with E-state index in [2.05, 4.69) is 59.6 Å². The van der Waals surface area contributed by atoms with Crippen molar-refractivity contribution in [2.24, 2.45) is 0 Å². The van der Waals surface area contributed by atoms with Crippen molar-refractivity contribution >= 4 is 66.3 Å². The van der Waals surface area contributed by atoms with Gasteiger partial charge in [0.15, 0.2) is 0 Å². The highest BCUT2D eigenvalue weighted by atomic mass is 35.5. The summed E-state index contributed by atoms with van der Waals surface area (Å²) in [5.41, 5.74) is -1.17. The fourth-order valence-corrected chi connectivity index (χ4v) is 14.6. The van der Waals surface area contributed by atoms with Crippen molar-refractivity contribution < 1.29 is 28.6 Å². The third-order valence-corrected chi connectivity index (χ3v) is 20.5. The van der Waals surface area contributed by atoms with Crippen molar-refractivity contribution in [3.05, 3.63) is 0 Å². The average Bonchev–Trinajstić information content (AvgIpc) is 1.07. The van der Waals surface area contributed by atoms with Gasteiger partial charge in [0.05, 0.1) is 0 Å². The lowest BCUT2D eigenvalue weighted by Crippen LogP contribution is -2.51. The normalized spacial score (nSPS) is 22.5. The highest BCUT2D eigenvalue weighted by molar-refractivity contribution is 6.18. The summed E-state index contributed by atoms with van der Waals surface area (Å²) in [6, 6.07) is 0. The topological polar surface area (TPSA) is 145 Å². The van der Waals surface area contributed by atoms with Gasteiger partial charge in [0, 0.05) is 195 Å². The number of nitrogens with one attached hydrogen (secondary N) is 2. The molecule has 11 heterocycles. The molecular weight excluding hydrogens is 1350 g/mol. The van der Waals surface area contributed by atoms with E-state index < -0.39 is 11.2 Å². The van der Waals surface area contributed by atoms with E-state index in [9.17, 15) is 14.4 Å². The smallest absolute Gasteiger partial charge is 0.410 e. The molecule has 21 nitrogen and oxygen atoms in total. The lowest BCUT2D eigenvalue weighted by molar-refractivity contribution is 0.0129. The number of likely N-dealkylation sites (tertiary alicyclic amines) is 7. The van der Waals surface area contributed by atoms with Crippen molar-refractivity contribution in [3.8, 4) is 0 Å². The van der Waals surface area contributed by atoms with E-state index in [1.165, 1.54) is 273 Å². The molecule has 590 valence electrons. The Morgan fingerprint density at radius 2 is 0.420 bits per heavy atom. The third-order valence-electron chi connectivity index (χ3n) is 20.1. The van der Waals surface area contributed by atoms with Gasteiger partial charge in [-0.25, -0.2) is 14.4 Å². The number of carbonyl (C=O) groups is 3. The largest absolute Gasteiger partial charge is 0.444 e. The van der Waals surface area contributed by atoms with Gasteiger partial charge >= 0.3 is 18.3 Å². The maximum absolute atomic E-state index is 12.0. The van der Waals surface area contributed by atoms with E-state index in [0.717, 1.165) is 116 Å². The number of hydrogen-bond donors (Lipinski definition) is 2. The molecule has 11 aliphatic heterocycles. The number of ether oxygens (including phenoxy) is 3. The second-order valence-corrected chi connectivity index (χ2v) is 32.8. The highest BCUT2D eigenvalue weighted by Crippen LogP contribution is 2.18. The van der Waals surface area contributed by atoms with Crippen molar-refractivity contribution in [2.45, 2.75) is 195 Å². The summed E-state index contributed by atoms with van der Waals surface area (Å²) in [5.74, 6) is 1.58. The Balaban J connectivity index is 0.000000309. The van der Waals surface area contributed by atoms with Crippen LogP contribution in [0.5, 0.6) is 0 Å². The van der Waals surface area contributed by atoms with Gasteiger partial charge in [-0.15, -0.1) is 48.0 Å². The first-order chi connectivity index (χ1) is 47.1. The number of piperidine rings is 4. The molecule has 0 aromatic heterocycles. The van der Waals surface area contributed by atoms with Crippen molar-refractivity contribution in [1.82, 2.24) is 74.3 Å². The van der Waals surface area contributed by atoms with Crippen LogP contribution in [-0.2, 0) is 14.2 Å². The quantitative estimate of drug-likeness (QED) is 0.112. The van der Waals surface area contributed by atoms with Crippen LogP contribution in [0.1, 0.15) is 178 Å². The number of nitrogens with zero attached hydrogens (tertiary/aromatic N) is 13. The Bertz CT molecular complexity index is 1980. The molecular formula is C75H151Cl4N15O6. The van der Waals surface area contributed by atoms with E-state index in [-0.39, 0.29) is 48.7 Å². The van der Waals surface area contributed by atoms with Crippen LogP contribution in [0.3, 0.4) is 0 Å². The standard InChI is InChI=1S/C16H31N3O2.C15H29N3O2.C11H23N3.C10H21N3.C10H19NO2.C7H14ClN.C6H12ClN.2ClH/c1-16(2,3)21-15(20)19-13-11-18(12-14-19)10-9-17-7-5-4-6-8-17;1-15(2,3)20-14(19)18-12-10-17(11-13-18)9-8-16-6-4-5-7-16;1-2-6-13(7-3-1)10-11-14-8-4-12-5-9-14;1-2-6-12(5-1)9-10-13-7-3-11-4-8-13;1-10(2,3)13-9(12)11-7-5-4-6-8-11;8-4-7-9-5-2-1-3-6-9;7-3-6-8-4-1-2-5-8;;/h4-14H2,1-3H3;4-13H2,1-3H3;12H,1-11H2;11H,1-10H2;4-8H2,1-3H3;1-7H2;1-6H2;2*1H. The first kappa shape index (κ1) is 92.7.